The summed E-state index contributed by atoms with van der Waals surface area (Å²) in [6, 6.07) is 11.7. The van der Waals surface area contributed by atoms with E-state index >= 15 is 0 Å². The summed E-state index contributed by atoms with van der Waals surface area (Å²) in [7, 11) is 0. The minimum absolute atomic E-state index is 0.00421. The van der Waals surface area contributed by atoms with E-state index in [-0.39, 0.29) is 5.91 Å². The lowest BCUT2D eigenvalue weighted by atomic mass is 9.94. The normalized spacial score (nSPS) is 25.3. The van der Waals surface area contributed by atoms with E-state index in [1.807, 2.05) is 0 Å². The second-order valence-electron chi connectivity index (χ2n) is 7.35. The molecule has 4 rings (SSSR count). The predicted octanol–water partition coefficient (Wildman–Crippen LogP) is 2.83. The molecule has 3 atom stereocenters. The van der Waals surface area contributed by atoms with Crippen LogP contribution in [0, 0.1) is 0 Å². The molecule has 0 unspecified atom stereocenters. The third-order valence-corrected chi connectivity index (χ3v) is 5.63. The Morgan fingerprint density at radius 3 is 3.00 bits per heavy atom. The van der Waals surface area contributed by atoms with E-state index < -0.39 is 0 Å². The predicted molar refractivity (Wildman–Crippen MR) is 97.6 cm³/mol. The van der Waals surface area contributed by atoms with Gasteiger partial charge in [0.25, 0.3) is 0 Å². The Bertz CT molecular complexity index is 745. The molecule has 138 valence electrons. The van der Waals surface area contributed by atoms with E-state index in [1.54, 1.807) is 0 Å². The number of fused-ring (bicyclic) bond motifs is 1. The maximum Gasteiger partial charge on any atom is 0.226 e. The SMILES string of the molecule is CC(=O)NCCCc1nc([C@H]2C[C@@H](c3ccccc3)N3CCC[C@H]23)no1. The number of benzene rings is 1. The highest BCUT2D eigenvalue weighted by Gasteiger charge is 2.46. The molecule has 0 aliphatic carbocycles. The average molecular weight is 354 g/mol. The molecule has 0 saturated carbocycles. The Balaban J connectivity index is 1.44. The molecule has 1 aromatic carbocycles. The smallest absolute Gasteiger partial charge is 0.226 e. The van der Waals surface area contributed by atoms with Crippen LogP contribution in [0.1, 0.15) is 61.8 Å². The fourth-order valence-electron chi connectivity index (χ4n) is 4.47. The van der Waals surface area contributed by atoms with Crippen LogP contribution in [0.5, 0.6) is 0 Å². The van der Waals surface area contributed by atoms with Crippen LogP contribution in [0.3, 0.4) is 0 Å². The van der Waals surface area contributed by atoms with Crippen LogP contribution < -0.4 is 5.32 Å². The molecule has 2 aromatic rings. The van der Waals surface area contributed by atoms with E-state index in [9.17, 15) is 4.79 Å². The molecule has 0 spiro atoms. The van der Waals surface area contributed by atoms with Gasteiger partial charge in [0.05, 0.1) is 0 Å². The highest BCUT2D eigenvalue weighted by molar-refractivity contribution is 5.72. The fraction of sp³-hybridized carbons (Fsp3) is 0.550. The molecule has 0 radical (unpaired) electrons. The van der Waals surface area contributed by atoms with Crippen LogP contribution in [0.2, 0.25) is 0 Å². The van der Waals surface area contributed by atoms with Crippen LogP contribution in [0.15, 0.2) is 34.9 Å². The molecule has 2 aliphatic rings. The minimum atomic E-state index is -0.00421. The number of hydrogen-bond acceptors (Lipinski definition) is 5. The minimum Gasteiger partial charge on any atom is -0.356 e. The van der Waals surface area contributed by atoms with Crippen molar-refractivity contribution >= 4 is 5.91 Å². The number of carbonyl (C=O) groups is 1. The monoisotopic (exact) mass is 354 g/mol. The van der Waals surface area contributed by atoms with Crippen molar-refractivity contribution in [1.29, 1.82) is 0 Å². The number of amides is 1. The van der Waals surface area contributed by atoms with Crippen molar-refractivity contribution in [3.05, 3.63) is 47.6 Å². The van der Waals surface area contributed by atoms with E-state index in [0.717, 1.165) is 25.2 Å². The van der Waals surface area contributed by atoms with Crippen molar-refractivity contribution in [2.75, 3.05) is 13.1 Å². The molecule has 3 heterocycles. The van der Waals surface area contributed by atoms with Gasteiger partial charge in [0.15, 0.2) is 5.82 Å². The lowest BCUT2D eigenvalue weighted by Crippen LogP contribution is -2.27. The number of hydrogen-bond donors (Lipinski definition) is 1. The molecule has 6 nitrogen and oxygen atoms in total. The third kappa shape index (κ3) is 3.51. The van der Waals surface area contributed by atoms with Crippen LogP contribution in [0.4, 0.5) is 0 Å². The van der Waals surface area contributed by atoms with Gasteiger partial charge < -0.3 is 9.84 Å². The van der Waals surface area contributed by atoms with Crippen molar-refractivity contribution in [2.45, 2.75) is 57.0 Å². The number of rotatable bonds is 6. The maximum absolute atomic E-state index is 10.9. The van der Waals surface area contributed by atoms with Gasteiger partial charge in [-0.05, 0) is 37.8 Å². The van der Waals surface area contributed by atoms with E-state index in [1.165, 1.54) is 25.3 Å². The van der Waals surface area contributed by atoms with E-state index in [0.29, 0.717) is 36.9 Å². The summed E-state index contributed by atoms with van der Waals surface area (Å²) < 4.78 is 5.48. The summed E-state index contributed by atoms with van der Waals surface area (Å²) in [4.78, 5) is 18.2. The fourth-order valence-corrected chi connectivity index (χ4v) is 4.47. The summed E-state index contributed by atoms with van der Waals surface area (Å²) in [5.41, 5.74) is 1.39. The van der Waals surface area contributed by atoms with Crippen LogP contribution in [-0.2, 0) is 11.2 Å². The molecular weight excluding hydrogens is 328 g/mol. The first-order valence-corrected chi connectivity index (χ1v) is 9.60. The van der Waals surface area contributed by atoms with Gasteiger partial charge in [0, 0.05) is 37.9 Å². The molecule has 6 heteroatoms. The van der Waals surface area contributed by atoms with Crippen molar-refractivity contribution in [3.63, 3.8) is 0 Å². The summed E-state index contributed by atoms with van der Waals surface area (Å²) in [6.07, 6.45) is 5.02. The quantitative estimate of drug-likeness (QED) is 0.808. The van der Waals surface area contributed by atoms with E-state index in [4.69, 9.17) is 4.52 Å². The Kier molecular flexibility index (Phi) is 5.02. The highest BCUT2D eigenvalue weighted by Crippen LogP contribution is 2.48. The van der Waals surface area contributed by atoms with Gasteiger partial charge in [-0.15, -0.1) is 0 Å². The molecule has 1 amide bonds. The van der Waals surface area contributed by atoms with E-state index in [2.05, 4.69) is 50.7 Å². The molecule has 26 heavy (non-hydrogen) atoms. The summed E-state index contributed by atoms with van der Waals surface area (Å²) >= 11 is 0. The molecule has 0 bridgehead atoms. The Hall–Kier alpha value is -2.21. The van der Waals surface area contributed by atoms with Gasteiger partial charge in [0.2, 0.25) is 11.8 Å². The largest absolute Gasteiger partial charge is 0.356 e. The zero-order valence-electron chi connectivity index (χ0n) is 15.2. The Morgan fingerprint density at radius 1 is 1.35 bits per heavy atom. The third-order valence-electron chi connectivity index (χ3n) is 5.63. The van der Waals surface area contributed by atoms with Crippen LogP contribution in [0.25, 0.3) is 0 Å². The average Bonchev–Trinajstić information content (AvgIpc) is 3.35. The highest BCUT2D eigenvalue weighted by atomic mass is 16.5. The lowest BCUT2D eigenvalue weighted by molar-refractivity contribution is -0.118. The summed E-state index contributed by atoms with van der Waals surface area (Å²) in [5.74, 6) is 1.87. The van der Waals surface area contributed by atoms with Crippen molar-refractivity contribution < 1.29 is 9.32 Å². The molecule has 2 aliphatic heterocycles. The van der Waals surface area contributed by atoms with Crippen molar-refractivity contribution in [1.82, 2.24) is 20.4 Å². The van der Waals surface area contributed by atoms with Gasteiger partial charge in [0.1, 0.15) is 0 Å². The second kappa shape index (κ2) is 7.58. The second-order valence-corrected chi connectivity index (χ2v) is 7.35. The Labute approximate surface area is 154 Å². The molecule has 1 N–H and O–H groups in total. The van der Waals surface area contributed by atoms with Gasteiger partial charge in [-0.25, -0.2) is 0 Å². The van der Waals surface area contributed by atoms with Crippen LogP contribution >= 0.6 is 0 Å². The zero-order chi connectivity index (χ0) is 17.9. The standard InChI is InChI=1S/C20H26N4O2/c1-14(25)21-11-5-10-19-22-20(23-26-19)16-13-18(15-7-3-2-4-8-15)24-12-6-9-17(16)24/h2-4,7-8,16-18H,5-6,9-13H2,1H3,(H,21,25)/t16-,17+,18-/m0/s1. The Morgan fingerprint density at radius 2 is 2.19 bits per heavy atom. The summed E-state index contributed by atoms with van der Waals surface area (Å²) in [5, 5.41) is 7.10. The molecular formula is C20H26N4O2. The van der Waals surface area contributed by atoms with Crippen molar-refractivity contribution in [2.24, 2.45) is 0 Å². The number of nitrogens with zero attached hydrogens (tertiary/aromatic N) is 3. The molecule has 2 saturated heterocycles. The topological polar surface area (TPSA) is 71.3 Å². The zero-order valence-corrected chi connectivity index (χ0v) is 15.2. The van der Waals surface area contributed by atoms with Gasteiger partial charge in [-0.3, -0.25) is 9.69 Å². The maximum atomic E-state index is 10.9. The first-order valence-electron chi connectivity index (χ1n) is 9.60. The first kappa shape index (κ1) is 17.2. The number of aromatic nitrogens is 2. The van der Waals surface area contributed by atoms with Gasteiger partial charge in [-0.2, -0.15) is 4.98 Å². The van der Waals surface area contributed by atoms with Crippen LogP contribution in [-0.4, -0.2) is 40.1 Å². The van der Waals surface area contributed by atoms with Gasteiger partial charge >= 0.3 is 0 Å². The number of carbonyl (C=O) groups excluding carboxylic acids is 1. The molecule has 2 fully saturated rings. The van der Waals surface area contributed by atoms with Gasteiger partial charge in [-0.1, -0.05) is 35.5 Å². The first-order chi connectivity index (χ1) is 12.7. The lowest BCUT2D eigenvalue weighted by Gasteiger charge is -2.24. The molecule has 1 aromatic heterocycles. The number of nitrogens with one attached hydrogen (secondary N) is 1. The van der Waals surface area contributed by atoms with Crippen molar-refractivity contribution in [3.8, 4) is 0 Å². The number of aryl methyl sites for hydroxylation is 1. The summed E-state index contributed by atoms with van der Waals surface area (Å²) in [6.45, 7) is 3.33.